The number of aliphatic hydroxyl groups excluding tert-OH is 1. The second kappa shape index (κ2) is 8.35. The van der Waals surface area contributed by atoms with Gasteiger partial charge in [-0.3, -0.25) is 9.59 Å². The van der Waals surface area contributed by atoms with Crippen molar-refractivity contribution in [2.24, 2.45) is 5.92 Å². The van der Waals surface area contributed by atoms with Gasteiger partial charge in [-0.1, -0.05) is 68.8 Å². The summed E-state index contributed by atoms with van der Waals surface area (Å²) in [7, 11) is 0. The van der Waals surface area contributed by atoms with Gasteiger partial charge in [0.05, 0.1) is 12.6 Å². The summed E-state index contributed by atoms with van der Waals surface area (Å²) in [6.07, 6.45) is 0.843. The highest BCUT2D eigenvalue weighted by Gasteiger charge is 2.38. The number of nitrogens with zero attached hydrogens (tertiary/aromatic N) is 1. The van der Waals surface area contributed by atoms with E-state index in [4.69, 9.17) is 0 Å². The molecule has 0 bridgehead atoms. The molecule has 0 spiro atoms. The molecule has 2 aromatic carbocycles. The Morgan fingerprint density at radius 3 is 2.44 bits per heavy atom. The van der Waals surface area contributed by atoms with E-state index in [-0.39, 0.29) is 30.4 Å². The van der Waals surface area contributed by atoms with Crippen LogP contribution in [-0.2, 0) is 11.3 Å². The van der Waals surface area contributed by atoms with Gasteiger partial charge >= 0.3 is 0 Å². The molecule has 0 saturated carbocycles. The van der Waals surface area contributed by atoms with Gasteiger partial charge in [0.2, 0.25) is 5.91 Å². The van der Waals surface area contributed by atoms with Gasteiger partial charge in [0, 0.05) is 12.1 Å². The van der Waals surface area contributed by atoms with Crippen LogP contribution in [0.2, 0.25) is 0 Å². The van der Waals surface area contributed by atoms with Crippen LogP contribution < -0.4 is 5.32 Å². The number of hydrogen-bond donors (Lipinski definition) is 2. The van der Waals surface area contributed by atoms with Gasteiger partial charge in [-0.2, -0.15) is 0 Å². The Labute approximate surface area is 160 Å². The first kappa shape index (κ1) is 19.1. The summed E-state index contributed by atoms with van der Waals surface area (Å²) in [5, 5.41) is 12.7. The molecule has 2 N–H and O–H groups in total. The van der Waals surface area contributed by atoms with Crippen molar-refractivity contribution in [3.63, 3.8) is 0 Å². The van der Waals surface area contributed by atoms with Crippen molar-refractivity contribution in [3.8, 4) is 0 Å². The molecule has 0 radical (unpaired) electrons. The maximum Gasteiger partial charge on any atom is 0.255 e. The Morgan fingerprint density at radius 2 is 1.81 bits per heavy atom. The van der Waals surface area contributed by atoms with Crippen molar-refractivity contribution < 1.29 is 14.7 Å². The Morgan fingerprint density at radius 1 is 1.15 bits per heavy atom. The van der Waals surface area contributed by atoms with E-state index in [1.807, 2.05) is 62.4 Å². The van der Waals surface area contributed by atoms with Crippen molar-refractivity contribution in [1.82, 2.24) is 10.2 Å². The highest BCUT2D eigenvalue weighted by atomic mass is 16.3. The smallest absolute Gasteiger partial charge is 0.255 e. The molecule has 3 rings (SSSR count). The number of nitrogens with one attached hydrogen (secondary N) is 1. The lowest BCUT2D eigenvalue weighted by molar-refractivity contribution is -0.127. The van der Waals surface area contributed by atoms with Crippen LogP contribution in [0.25, 0.3) is 0 Å². The summed E-state index contributed by atoms with van der Waals surface area (Å²) in [5.74, 6) is -0.262. The van der Waals surface area contributed by atoms with Gasteiger partial charge in [-0.05, 0) is 23.1 Å². The molecule has 1 heterocycles. The lowest BCUT2D eigenvalue weighted by Gasteiger charge is -2.30. The zero-order valence-electron chi connectivity index (χ0n) is 15.8. The average Bonchev–Trinajstić information content (AvgIpc) is 3.03. The van der Waals surface area contributed by atoms with Crippen LogP contribution in [0.4, 0.5) is 0 Å². The summed E-state index contributed by atoms with van der Waals surface area (Å²) in [6.45, 7) is 4.29. The standard InChI is InChI=1S/C22H26N2O3/c1-3-15(2)19(14-25)23-21(26)20(16-9-5-4-6-10-16)24-13-17-11-7-8-12-18(17)22(24)27/h4-12,15,19-20,25H,3,13-14H2,1-2H3,(H,23,26)/t15-,19-,20+/m1/s1. The fourth-order valence-electron chi connectivity index (χ4n) is 3.51. The normalized spacial score (nSPS) is 16.6. The SMILES string of the molecule is CC[C@@H](C)[C@@H](CO)NC(=O)[C@H](c1ccccc1)N1Cc2ccccc2C1=O. The van der Waals surface area contributed by atoms with E-state index < -0.39 is 6.04 Å². The van der Waals surface area contributed by atoms with Crippen LogP contribution in [0.15, 0.2) is 54.6 Å². The molecule has 1 aliphatic rings. The fourth-order valence-corrected chi connectivity index (χ4v) is 3.51. The maximum atomic E-state index is 13.2. The number of carbonyl (C=O) groups excluding carboxylic acids is 2. The number of benzene rings is 2. The van der Waals surface area contributed by atoms with E-state index in [0.717, 1.165) is 17.5 Å². The average molecular weight is 366 g/mol. The molecular formula is C22H26N2O3. The van der Waals surface area contributed by atoms with E-state index in [2.05, 4.69) is 5.32 Å². The summed E-state index contributed by atoms with van der Waals surface area (Å²) < 4.78 is 0. The van der Waals surface area contributed by atoms with E-state index in [0.29, 0.717) is 12.1 Å². The molecule has 0 aliphatic carbocycles. The maximum absolute atomic E-state index is 13.2. The zero-order chi connectivity index (χ0) is 19.4. The fraction of sp³-hybridized carbons (Fsp3) is 0.364. The van der Waals surface area contributed by atoms with Gasteiger partial charge in [-0.25, -0.2) is 0 Å². The largest absolute Gasteiger partial charge is 0.394 e. The number of aliphatic hydroxyl groups is 1. The zero-order valence-corrected chi connectivity index (χ0v) is 15.8. The number of hydrogen-bond acceptors (Lipinski definition) is 3. The minimum Gasteiger partial charge on any atom is -0.394 e. The topological polar surface area (TPSA) is 69.6 Å². The minimum absolute atomic E-state index is 0.129. The highest BCUT2D eigenvalue weighted by Crippen LogP contribution is 2.31. The molecule has 0 saturated heterocycles. The molecular weight excluding hydrogens is 340 g/mol. The van der Waals surface area contributed by atoms with Gasteiger partial charge in [0.25, 0.3) is 5.91 Å². The molecule has 0 aromatic heterocycles. The van der Waals surface area contributed by atoms with E-state index in [1.54, 1.807) is 11.0 Å². The third kappa shape index (κ3) is 3.88. The first-order valence-corrected chi connectivity index (χ1v) is 9.41. The Kier molecular flexibility index (Phi) is 5.91. The first-order valence-electron chi connectivity index (χ1n) is 9.41. The number of rotatable bonds is 7. The van der Waals surface area contributed by atoms with Crippen LogP contribution >= 0.6 is 0 Å². The van der Waals surface area contributed by atoms with Gasteiger partial charge < -0.3 is 15.3 Å². The summed E-state index contributed by atoms with van der Waals surface area (Å²) >= 11 is 0. The molecule has 5 heteroatoms. The Bertz CT molecular complexity index is 806. The molecule has 5 nitrogen and oxygen atoms in total. The van der Waals surface area contributed by atoms with Crippen molar-refractivity contribution in [2.45, 2.75) is 38.9 Å². The summed E-state index contributed by atoms with van der Waals surface area (Å²) in [6, 6.07) is 15.7. The summed E-state index contributed by atoms with van der Waals surface area (Å²) in [5.41, 5.74) is 2.33. The van der Waals surface area contributed by atoms with E-state index in [9.17, 15) is 14.7 Å². The van der Waals surface area contributed by atoms with Crippen LogP contribution in [0.3, 0.4) is 0 Å². The predicted octanol–water partition coefficient (Wildman–Crippen LogP) is 2.91. The van der Waals surface area contributed by atoms with Gasteiger partial charge in [0.1, 0.15) is 6.04 Å². The first-order chi connectivity index (χ1) is 13.1. The molecule has 0 unspecified atom stereocenters. The second-order valence-electron chi connectivity index (χ2n) is 7.09. The predicted molar refractivity (Wildman–Crippen MR) is 104 cm³/mol. The van der Waals surface area contributed by atoms with Crippen molar-refractivity contribution >= 4 is 11.8 Å². The Balaban J connectivity index is 1.91. The third-order valence-electron chi connectivity index (χ3n) is 5.38. The van der Waals surface area contributed by atoms with Crippen LogP contribution in [0.1, 0.15) is 47.8 Å². The van der Waals surface area contributed by atoms with Gasteiger partial charge in [0.15, 0.2) is 0 Å². The van der Waals surface area contributed by atoms with Crippen molar-refractivity contribution in [1.29, 1.82) is 0 Å². The molecule has 27 heavy (non-hydrogen) atoms. The monoisotopic (exact) mass is 366 g/mol. The molecule has 0 fully saturated rings. The second-order valence-corrected chi connectivity index (χ2v) is 7.09. The minimum atomic E-state index is -0.732. The lowest BCUT2D eigenvalue weighted by Crippen LogP contribution is -2.48. The number of carbonyl (C=O) groups is 2. The molecule has 142 valence electrons. The van der Waals surface area contributed by atoms with Crippen LogP contribution in [-0.4, -0.2) is 34.5 Å². The van der Waals surface area contributed by atoms with Gasteiger partial charge in [-0.15, -0.1) is 0 Å². The number of fused-ring (bicyclic) bond motifs is 1. The van der Waals surface area contributed by atoms with Crippen molar-refractivity contribution in [3.05, 3.63) is 71.3 Å². The highest BCUT2D eigenvalue weighted by molar-refractivity contribution is 6.01. The summed E-state index contributed by atoms with van der Waals surface area (Å²) in [4.78, 5) is 27.8. The molecule has 3 atom stereocenters. The van der Waals surface area contributed by atoms with E-state index >= 15 is 0 Å². The molecule has 2 aromatic rings. The Hall–Kier alpha value is -2.66. The van der Waals surface area contributed by atoms with E-state index in [1.165, 1.54) is 0 Å². The van der Waals surface area contributed by atoms with Crippen molar-refractivity contribution in [2.75, 3.05) is 6.61 Å². The third-order valence-corrected chi connectivity index (χ3v) is 5.38. The quantitative estimate of drug-likeness (QED) is 0.792. The molecule has 1 aliphatic heterocycles. The lowest BCUT2D eigenvalue weighted by atomic mass is 9.98. The van der Waals surface area contributed by atoms with Crippen LogP contribution in [0, 0.1) is 5.92 Å². The number of amides is 2. The van der Waals surface area contributed by atoms with Crippen LogP contribution in [0.5, 0.6) is 0 Å². The molecule has 2 amide bonds.